The van der Waals surface area contributed by atoms with Crippen molar-refractivity contribution in [2.24, 2.45) is 5.92 Å². The van der Waals surface area contributed by atoms with Crippen LogP contribution >= 0.6 is 0 Å². The van der Waals surface area contributed by atoms with Gasteiger partial charge < -0.3 is 10.2 Å². The second-order valence-electron chi connectivity index (χ2n) is 4.43. The average molecular weight is 214 g/mol. The molecular formula is C13H30N2. The molecule has 0 heterocycles. The Morgan fingerprint density at radius 1 is 0.933 bits per heavy atom. The highest BCUT2D eigenvalue weighted by atomic mass is 15.1. The van der Waals surface area contributed by atoms with Crippen molar-refractivity contribution in [1.29, 1.82) is 0 Å². The van der Waals surface area contributed by atoms with Crippen molar-refractivity contribution in [3.63, 3.8) is 0 Å². The van der Waals surface area contributed by atoms with Crippen LogP contribution in [0.25, 0.3) is 0 Å². The maximum atomic E-state index is 3.38. The molecule has 15 heavy (non-hydrogen) atoms. The Kier molecular flexibility index (Phi) is 9.12. The molecule has 92 valence electrons. The van der Waals surface area contributed by atoms with E-state index in [0.717, 1.165) is 5.92 Å². The van der Waals surface area contributed by atoms with E-state index in [9.17, 15) is 0 Å². The van der Waals surface area contributed by atoms with Gasteiger partial charge in [-0.1, -0.05) is 40.5 Å². The Morgan fingerprint density at radius 3 is 1.87 bits per heavy atom. The van der Waals surface area contributed by atoms with Crippen LogP contribution in [0.15, 0.2) is 0 Å². The van der Waals surface area contributed by atoms with E-state index in [1.54, 1.807) is 0 Å². The molecule has 0 radical (unpaired) electrons. The highest BCUT2D eigenvalue weighted by Crippen LogP contribution is 2.10. The minimum Gasteiger partial charge on any atom is -0.316 e. The van der Waals surface area contributed by atoms with Crippen molar-refractivity contribution in [3.05, 3.63) is 0 Å². The van der Waals surface area contributed by atoms with Crippen LogP contribution < -0.4 is 5.32 Å². The van der Waals surface area contributed by atoms with Crippen molar-refractivity contribution < 1.29 is 0 Å². The molecule has 1 unspecified atom stereocenters. The van der Waals surface area contributed by atoms with Crippen LogP contribution in [0.4, 0.5) is 0 Å². The first kappa shape index (κ1) is 14.9. The molecule has 2 nitrogen and oxygen atoms in total. The molecule has 0 aromatic heterocycles. The van der Waals surface area contributed by atoms with Gasteiger partial charge in [-0.15, -0.1) is 0 Å². The molecule has 0 saturated carbocycles. The lowest BCUT2D eigenvalue weighted by atomic mass is 10.0. The number of hydrogen-bond donors (Lipinski definition) is 1. The van der Waals surface area contributed by atoms with Crippen molar-refractivity contribution in [3.8, 4) is 0 Å². The maximum absolute atomic E-state index is 3.38. The standard InChI is InChI=1S/C13H30N2/c1-6-12(7-2)10-15(9-4)11-13(8-3)14-5/h12-14H,6-11H2,1-5H3. The fourth-order valence-corrected chi connectivity index (χ4v) is 1.98. The molecule has 1 atom stereocenters. The molecule has 0 amide bonds. The van der Waals surface area contributed by atoms with Crippen molar-refractivity contribution in [1.82, 2.24) is 10.2 Å². The minimum atomic E-state index is 0.652. The summed E-state index contributed by atoms with van der Waals surface area (Å²) in [5.41, 5.74) is 0. The van der Waals surface area contributed by atoms with Gasteiger partial charge in [0, 0.05) is 19.1 Å². The van der Waals surface area contributed by atoms with Gasteiger partial charge in [0.1, 0.15) is 0 Å². The average Bonchev–Trinajstić information content (AvgIpc) is 2.30. The zero-order chi connectivity index (χ0) is 11.7. The fraction of sp³-hybridized carbons (Fsp3) is 1.00. The van der Waals surface area contributed by atoms with Crippen molar-refractivity contribution >= 4 is 0 Å². The summed E-state index contributed by atoms with van der Waals surface area (Å²) in [6.07, 6.45) is 3.84. The van der Waals surface area contributed by atoms with Crippen LogP contribution in [-0.4, -0.2) is 37.6 Å². The Morgan fingerprint density at radius 2 is 1.53 bits per heavy atom. The summed E-state index contributed by atoms with van der Waals surface area (Å²) >= 11 is 0. The summed E-state index contributed by atoms with van der Waals surface area (Å²) < 4.78 is 0. The van der Waals surface area contributed by atoms with E-state index in [4.69, 9.17) is 0 Å². The molecule has 0 aliphatic carbocycles. The lowest BCUT2D eigenvalue weighted by Crippen LogP contribution is -2.41. The summed E-state index contributed by atoms with van der Waals surface area (Å²) in [7, 11) is 2.07. The molecule has 0 fully saturated rings. The molecular weight excluding hydrogens is 184 g/mol. The predicted octanol–water partition coefficient (Wildman–Crippen LogP) is 2.74. The first-order valence-electron chi connectivity index (χ1n) is 6.61. The first-order valence-corrected chi connectivity index (χ1v) is 6.61. The van der Waals surface area contributed by atoms with E-state index in [-0.39, 0.29) is 0 Å². The van der Waals surface area contributed by atoms with Gasteiger partial charge in [-0.2, -0.15) is 0 Å². The SMILES string of the molecule is CCC(CC)CN(CC)CC(CC)NC. The third-order valence-corrected chi connectivity index (χ3v) is 3.50. The van der Waals surface area contributed by atoms with Crippen LogP contribution in [0.1, 0.15) is 47.0 Å². The zero-order valence-corrected chi connectivity index (χ0v) is 11.3. The third kappa shape index (κ3) is 6.16. The Labute approximate surface area is 96.4 Å². The highest BCUT2D eigenvalue weighted by Gasteiger charge is 2.13. The van der Waals surface area contributed by atoms with Crippen LogP contribution in [-0.2, 0) is 0 Å². The van der Waals surface area contributed by atoms with Gasteiger partial charge in [-0.3, -0.25) is 0 Å². The second kappa shape index (κ2) is 9.17. The van der Waals surface area contributed by atoms with E-state index < -0.39 is 0 Å². The molecule has 0 bridgehead atoms. The first-order chi connectivity index (χ1) is 7.21. The van der Waals surface area contributed by atoms with Gasteiger partial charge in [-0.05, 0) is 25.9 Å². The topological polar surface area (TPSA) is 15.3 Å². The Bertz CT molecular complexity index is 114. The normalized spacial score (nSPS) is 13.8. The third-order valence-electron chi connectivity index (χ3n) is 3.50. The molecule has 0 aromatic rings. The number of nitrogens with zero attached hydrogens (tertiary/aromatic N) is 1. The highest BCUT2D eigenvalue weighted by molar-refractivity contribution is 4.70. The van der Waals surface area contributed by atoms with E-state index >= 15 is 0 Å². The van der Waals surface area contributed by atoms with Gasteiger partial charge >= 0.3 is 0 Å². The van der Waals surface area contributed by atoms with Gasteiger partial charge in [0.05, 0.1) is 0 Å². The Hall–Kier alpha value is -0.0800. The van der Waals surface area contributed by atoms with Crippen molar-refractivity contribution in [2.45, 2.75) is 53.0 Å². The van der Waals surface area contributed by atoms with Crippen molar-refractivity contribution in [2.75, 3.05) is 26.7 Å². The van der Waals surface area contributed by atoms with Crippen LogP contribution in [0, 0.1) is 5.92 Å². The number of hydrogen-bond acceptors (Lipinski definition) is 2. The molecule has 0 rings (SSSR count). The fourth-order valence-electron chi connectivity index (χ4n) is 1.98. The summed E-state index contributed by atoms with van der Waals surface area (Å²) in [5, 5.41) is 3.38. The summed E-state index contributed by atoms with van der Waals surface area (Å²) in [6, 6.07) is 0.652. The summed E-state index contributed by atoms with van der Waals surface area (Å²) in [4.78, 5) is 2.59. The summed E-state index contributed by atoms with van der Waals surface area (Å²) in [6.45, 7) is 12.8. The van der Waals surface area contributed by atoms with E-state index in [2.05, 4.69) is 45.0 Å². The van der Waals surface area contributed by atoms with Gasteiger partial charge in [0.2, 0.25) is 0 Å². The number of rotatable bonds is 9. The lowest BCUT2D eigenvalue weighted by molar-refractivity contribution is 0.211. The smallest absolute Gasteiger partial charge is 0.0189 e. The molecule has 0 aliphatic heterocycles. The quantitative estimate of drug-likeness (QED) is 0.635. The van der Waals surface area contributed by atoms with Gasteiger partial charge in [0.25, 0.3) is 0 Å². The minimum absolute atomic E-state index is 0.652. The zero-order valence-electron chi connectivity index (χ0n) is 11.3. The number of nitrogens with one attached hydrogen (secondary N) is 1. The molecule has 0 aromatic carbocycles. The molecule has 0 saturated heterocycles. The second-order valence-corrected chi connectivity index (χ2v) is 4.43. The predicted molar refractivity (Wildman–Crippen MR) is 69.3 cm³/mol. The van der Waals surface area contributed by atoms with E-state index in [1.807, 2.05) is 0 Å². The maximum Gasteiger partial charge on any atom is 0.0189 e. The van der Waals surface area contributed by atoms with Crippen LogP contribution in [0.5, 0.6) is 0 Å². The molecule has 1 N–H and O–H groups in total. The monoisotopic (exact) mass is 214 g/mol. The summed E-state index contributed by atoms with van der Waals surface area (Å²) in [5.74, 6) is 0.874. The Balaban J connectivity index is 4.00. The van der Waals surface area contributed by atoms with Gasteiger partial charge in [-0.25, -0.2) is 0 Å². The van der Waals surface area contributed by atoms with E-state index in [1.165, 1.54) is 38.9 Å². The molecule has 2 heteroatoms. The lowest BCUT2D eigenvalue weighted by Gasteiger charge is -2.28. The van der Waals surface area contributed by atoms with Gasteiger partial charge in [0.15, 0.2) is 0 Å². The molecule has 0 aliphatic rings. The largest absolute Gasteiger partial charge is 0.316 e. The van der Waals surface area contributed by atoms with E-state index in [0.29, 0.717) is 6.04 Å². The molecule has 0 spiro atoms. The van der Waals surface area contributed by atoms with Crippen LogP contribution in [0.2, 0.25) is 0 Å². The number of likely N-dealkylation sites (N-methyl/N-ethyl adjacent to an activating group) is 2. The van der Waals surface area contributed by atoms with Crippen LogP contribution in [0.3, 0.4) is 0 Å².